The summed E-state index contributed by atoms with van der Waals surface area (Å²) in [6.45, 7) is 7.13. The predicted octanol–water partition coefficient (Wildman–Crippen LogP) is 2.80. The first-order valence-corrected chi connectivity index (χ1v) is 6.31. The van der Waals surface area contributed by atoms with Crippen LogP contribution in [0.2, 0.25) is 0 Å². The zero-order valence-electron chi connectivity index (χ0n) is 12.1. The fourth-order valence-electron chi connectivity index (χ4n) is 1.39. The SMILES string of the molecule is COCCOC(=O)c1cccc(COC(C)(C)C)c1. The number of benzene rings is 1. The largest absolute Gasteiger partial charge is 0.460 e. The standard InChI is InChI=1S/C15H22O4/c1-15(2,3)19-11-12-6-5-7-13(10-12)14(16)18-9-8-17-4/h5-7,10H,8-9,11H2,1-4H3. The second kappa shape index (κ2) is 7.26. The van der Waals surface area contributed by atoms with Crippen molar-refractivity contribution in [2.75, 3.05) is 20.3 Å². The number of hydrogen-bond donors (Lipinski definition) is 0. The molecule has 4 nitrogen and oxygen atoms in total. The monoisotopic (exact) mass is 266 g/mol. The molecule has 0 amide bonds. The molecule has 19 heavy (non-hydrogen) atoms. The Morgan fingerprint density at radius 1 is 1.21 bits per heavy atom. The lowest BCUT2D eigenvalue weighted by atomic mass is 10.1. The van der Waals surface area contributed by atoms with Gasteiger partial charge in [-0.05, 0) is 38.5 Å². The van der Waals surface area contributed by atoms with Crippen LogP contribution in [0.25, 0.3) is 0 Å². The van der Waals surface area contributed by atoms with Crippen LogP contribution in [-0.4, -0.2) is 31.9 Å². The molecule has 1 rings (SSSR count). The summed E-state index contributed by atoms with van der Waals surface area (Å²) < 4.78 is 15.6. The summed E-state index contributed by atoms with van der Waals surface area (Å²) in [7, 11) is 1.57. The second-order valence-electron chi connectivity index (χ2n) is 5.23. The van der Waals surface area contributed by atoms with Gasteiger partial charge in [0.2, 0.25) is 0 Å². The molecule has 1 aromatic carbocycles. The van der Waals surface area contributed by atoms with Crippen LogP contribution in [0.5, 0.6) is 0 Å². The summed E-state index contributed by atoms with van der Waals surface area (Å²) in [5.74, 6) is -0.338. The van der Waals surface area contributed by atoms with E-state index in [1.54, 1.807) is 19.2 Å². The highest BCUT2D eigenvalue weighted by Crippen LogP contribution is 2.13. The number of rotatable bonds is 6. The lowest BCUT2D eigenvalue weighted by Crippen LogP contribution is -2.18. The van der Waals surface area contributed by atoms with Gasteiger partial charge in [0.15, 0.2) is 0 Å². The minimum absolute atomic E-state index is 0.199. The van der Waals surface area contributed by atoms with Crippen LogP contribution in [0.15, 0.2) is 24.3 Å². The summed E-state index contributed by atoms with van der Waals surface area (Å²) in [4.78, 5) is 11.8. The van der Waals surface area contributed by atoms with Gasteiger partial charge in [0.25, 0.3) is 0 Å². The van der Waals surface area contributed by atoms with Crippen LogP contribution in [0, 0.1) is 0 Å². The average Bonchev–Trinajstić information content (AvgIpc) is 2.36. The summed E-state index contributed by atoms with van der Waals surface area (Å²) in [5, 5.41) is 0. The van der Waals surface area contributed by atoms with Crippen LogP contribution in [0.1, 0.15) is 36.7 Å². The van der Waals surface area contributed by atoms with Crippen molar-refractivity contribution in [1.29, 1.82) is 0 Å². The molecule has 4 heteroatoms. The van der Waals surface area contributed by atoms with Gasteiger partial charge in [-0.3, -0.25) is 0 Å². The van der Waals surface area contributed by atoms with E-state index in [0.29, 0.717) is 18.8 Å². The number of ether oxygens (including phenoxy) is 3. The number of hydrogen-bond acceptors (Lipinski definition) is 4. The molecule has 0 heterocycles. The number of methoxy groups -OCH3 is 1. The van der Waals surface area contributed by atoms with Crippen LogP contribution < -0.4 is 0 Å². The van der Waals surface area contributed by atoms with Crippen molar-refractivity contribution in [2.24, 2.45) is 0 Å². The van der Waals surface area contributed by atoms with Crippen LogP contribution in [0.4, 0.5) is 0 Å². The van der Waals surface area contributed by atoms with E-state index in [1.165, 1.54) is 0 Å². The maximum Gasteiger partial charge on any atom is 0.338 e. The molecule has 0 aromatic heterocycles. The minimum Gasteiger partial charge on any atom is -0.460 e. The topological polar surface area (TPSA) is 44.8 Å². The molecular weight excluding hydrogens is 244 g/mol. The fraction of sp³-hybridized carbons (Fsp3) is 0.533. The smallest absolute Gasteiger partial charge is 0.338 e. The van der Waals surface area contributed by atoms with E-state index in [-0.39, 0.29) is 18.2 Å². The second-order valence-corrected chi connectivity index (χ2v) is 5.23. The highest BCUT2D eigenvalue weighted by atomic mass is 16.6. The molecule has 0 radical (unpaired) electrons. The van der Waals surface area contributed by atoms with Crippen molar-refractivity contribution in [3.05, 3.63) is 35.4 Å². The van der Waals surface area contributed by atoms with E-state index in [9.17, 15) is 4.79 Å². The van der Waals surface area contributed by atoms with Crippen LogP contribution >= 0.6 is 0 Å². The van der Waals surface area contributed by atoms with E-state index >= 15 is 0 Å². The lowest BCUT2D eigenvalue weighted by Gasteiger charge is -2.19. The van der Waals surface area contributed by atoms with Gasteiger partial charge < -0.3 is 14.2 Å². The normalized spacial score (nSPS) is 11.4. The molecule has 0 saturated heterocycles. The first-order valence-electron chi connectivity index (χ1n) is 6.31. The van der Waals surface area contributed by atoms with Crippen LogP contribution in [0.3, 0.4) is 0 Å². The third kappa shape index (κ3) is 6.36. The number of carbonyl (C=O) groups excluding carboxylic acids is 1. The molecule has 106 valence electrons. The summed E-state index contributed by atoms with van der Waals surface area (Å²) in [6.07, 6.45) is 0. The Kier molecular flexibility index (Phi) is 5.99. The highest BCUT2D eigenvalue weighted by molar-refractivity contribution is 5.89. The summed E-state index contributed by atoms with van der Waals surface area (Å²) in [6, 6.07) is 7.28. The van der Waals surface area contributed by atoms with E-state index in [2.05, 4.69) is 0 Å². The highest BCUT2D eigenvalue weighted by Gasteiger charge is 2.12. The molecule has 0 saturated carbocycles. The zero-order chi connectivity index (χ0) is 14.3. The Labute approximate surface area is 114 Å². The third-order valence-corrected chi connectivity index (χ3v) is 2.36. The number of carbonyl (C=O) groups is 1. The molecule has 1 aromatic rings. The van der Waals surface area contributed by atoms with Crippen molar-refractivity contribution in [3.8, 4) is 0 Å². The van der Waals surface area contributed by atoms with Gasteiger partial charge in [0.1, 0.15) is 6.61 Å². The average molecular weight is 266 g/mol. The first-order chi connectivity index (χ1) is 8.92. The molecule has 0 aliphatic rings. The Balaban J connectivity index is 2.58. The molecule has 0 fully saturated rings. The van der Waals surface area contributed by atoms with Gasteiger partial charge in [-0.2, -0.15) is 0 Å². The van der Waals surface area contributed by atoms with Crippen molar-refractivity contribution in [1.82, 2.24) is 0 Å². The molecular formula is C15H22O4. The van der Waals surface area contributed by atoms with Gasteiger partial charge in [-0.25, -0.2) is 4.79 Å². The maximum absolute atomic E-state index is 11.8. The molecule has 0 unspecified atom stereocenters. The van der Waals surface area contributed by atoms with Crippen LogP contribution in [-0.2, 0) is 20.8 Å². The van der Waals surface area contributed by atoms with E-state index in [1.807, 2.05) is 32.9 Å². The Morgan fingerprint density at radius 2 is 1.95 bits per heavy atom. The fourth-order valence-corrected chi connectivity index (χ4v) is 1.39. The van der Waals surface area contributed by atoms with Gasteiger partial charge in [0.05, 0.1) is 24.4 Å². The van der Waals surface area contributed by atoms with Crippen molar-refractivity contribution in [2.45, 2.75) is 33.0 Å². The molecule has 0 spiro atoms. The predicted molar refractivity (Wildman–Crippen MR) is 73.1 cm³/mol. The zero-order valence-corrected chi connectivity index (χ0v) is 12.1. The Bertz CT molecular complexity index is 407. The van der Waals surface area contributed by atoms with Crippen molar-refractivity contribution < 1.29 is 19.0 Å². The Hall–Kier alpha value is -1.39. The lowest BCUT2D eigenvalue weighted by molar-refractivity contribution is -0.0149. The van der Waals surface area contributed by atoms with Gasteiger partial charge in [-0.15, -0.1) is 0 Å². The van der Waals surface area contributed by atoms with Crippen molar-refractivity contribution in [3.63, 3.8) is 0 Å². The van der Waals surface area contributed by atoms with E-state index < -0.39 is 0 Å². The van der Waals surface area contributed by atoms with Gasteiger partial charge in [-0.1, -0.05) is 12.1 Å². The van der Waals surface area contributed by atoms with E-state index in [4.69, 9.17) is 14.2 Å². The quantitative estimate of drug-likeness (QED) is 0.586. The first kappa shape index (κ1) is 15.7. The van der Waals surface area contributed by atoms with Gasteiger partial charge >= 0.3 is 5.97 Å². The number of esters is 1. The van der Waals surface area contributed by atoms with Crippen molar-refractivity contribution >= 4 is 5.97 Å². The molecule has 0 aliphatic heterocycles. The van der Waals surface area contributed by atoms with E-state index in [0.717, 1.165) is 5.56 Å². The molecule has 0 atom stereocenters. The molecule has 0 N–H and O–H groups in total. The molecule has 0 bridgehead atoms. The minimum atomic E-state index is -0.338. The molecule has 0 aliphatic carbocycles. The summed E-state index contributed by atoms with van der Waals surface area (Å²) in [5.41, 5.74) is 1.29. The summed E-state index contributed by atoms with van der Waals surface area (Å²) >= 11 is 0. The third-order valence-electron chi connectivity index (χ3n) is 2.36. The maximum atomic E-state index is 11.8. The van der Waals surface area contributed by atoms with Gasteiger partial charge in [0, 0.05) is 7.11 Å². The Morgan fingerprint density at radius 3 is 2.58 bits per heavy atom.